The topological polar surface area (TPSA) is 81.8 Å². The van der Waals surface area contributed by atoms with Gasteiger partial charge in [-0.1, -0.05) is 36.7 Å². The van der Waals surface area contributed by atoms with Crippen LogP contribution in [0.2, 0.25) is 5.02 Å². The smallest absolute Gasteiger partial charge is 0.352 e. The van der Waals surface area contributed by atoms with Gasteiger partial charge in [0.05, 0.1) is 22.8 Å². The Morgan fingerprint density at radius 1 is 1.15 bits per heavy atom. The Bertz CT molecular complexity index is 1930. The second-order valence-corrected chi connectivity index (χ2v) is 12.9. The number of aromatic nitrogens is 3. The molecule has 2 aromatic heterocycles. The van der Waals surface area contributed by atoms with Gasteiger partial charge in [-0.15, -0.1) is 0 Å². The third-order valence-electron chi connectivity index (χ3n) is 9.13. The number of benzene rings is 3. The van der Waals surface area contributed by atoms with Crippen LogP contribution >= 0.6 is 11.6 Å². The molecule has 0 saturated carbocycles. The maximum Gasteiger partial charge on any atom is 0.352 e. The predicted octanol–water partition coefficient (Wildman–Crippen LogP) is 8.06. The lowest BCUT2D eigenvalue weighted by molar-refractivity contribution is 0.0366. The van der Waals surface area contributed by atoms with Gasteiger partial charge in [0.2, 0.25) is 0 Å². The molecule has 1 unspecified atom stereocenters. The van der Waals surface area contributed by atoms with Crippen LogP contribution in [0.5, 0.6) is 5.75 Å². The van der Waals surface area contributed by atoms with Gasteiger partial charge in [0.15, 0.2) is 0 Å². The van der Waals surface area contributed by atoms with Gasteiger partial charge in [0.25, 0.3) is 0 Å². The standard InChI is InChI=1S/C37H42ClFN4O4/c1-5-29-33-32-28(38)16-15-27-26(11-9-21-46-30-12-8-10-23-22-24(39)13-14-25(23)30)36(37(44)45)43(35(27)32)18-6-7-20-47-31(17-19-41(2)3)34(33)40-42(29)4/h8,10,12-16,22,31H,5-7,9,11,17-21H2,1-4H3,(H,44,45). The Morgan fingerprint density at radius 3 is 2.72 bits per heavy atom. The van der Waals surface area contributed by atoms with Crippen molar-refractivity contribution in [1.82, 2.24) is 19.2 Å². The number of hydrogen-bond acceptors (Lipinski definition) is 5. The summed E-state index contributed by atoms with van der Waals surface area (Å²) < 4.78 is 30.4. The number of carboxylic acid groups (broad SMARTS) is 1. The molecule has 0 amide bonds. The average molecular weight is 661 g/mol. The number of carbonyl (C=O) groups is 1. The maximum absolute atomic E-state index is 13.8. The molecule has 0 radical (unpaired) electrons. The minimum atomic E-state index is -0.965. The van der Waals surface area contributed by atoms with Crippen molar-refractivity contribution < 1.29 is 23.8 Å². The monoisotopic (exact) mass is 660 g/mol. The van der Waals surface area contributed by atoms with Crippen LogP contribution in [-0.4, -0.2) is 64.2 Å². The summed E-state index contributed by atoms with van der Waals surface area (Å²) in [6.45, 7) is 4.39. The minimum Gasteiger partial charge on any atom is -0.493 e. The molecule has 0 fully saturated rings. The lowest BCUT2D eigenvalue weighted by Crippen LogP contribution is -2.18. The van der Waals surface area contributed by atoms with Crippen molar-refractivity contribution in [3.8, 4) is 16.9 Å². The molecular weight excluding hydrogens is 619 g/mol. The summed E-state index contributed by atoms with van der Waals surface area (Å²) >= 11 is 7.11. The number of nitrogens with zero attached hydrogens (tertiary/aromatic N) is 4. The highest BCUT2D eigenvalue weighted by Crippen LogP contribution is 2.45. The van der Waals surface area contributed by atoms with E-state index in [0.29, 0.717) is 43.4 Å². The number of halogens is 2. The maximum atomic E-state index is 13.8. The quantitative estimate of drug-likeness (QED) is 0.153. The molecule has 8 nitrogen and oxygen atoms in total. The van der Waals surface area contributed by atoms with Gasteiger partial charge in [0.1, 0.15) is 23.4 Å². The fourth-order valence-corrected chi connectivity index (χ4v) is 7.24. The number of aromatic carboxylic acids is 1. The second kappa shape index (κ2) is 14.1. The van der Waals surface area contributed by atoms with Crippen LogP contribution in [0.4, 0.5) is 4.39 Å². The van der Waals surface area contributed by atoms with Crippen molar-refractivity contribution in [3.05, 3.63) is 82.0 Å². The van der Waals surface area contributed by atoms with Crippen LogP contribution in [-0.2, 0) is 31.2 Å². The summed E-state index contributed by atoms with van der Waals surface area (Å²) in [5.74, 6) is -0.583. The molecule has 1 aliphatic heterocycles. The van der Waals surface area contributed by atoms with Crippen molar-refractivity contribution in [2.75, 3.05) is 33.9 Å². The first-order valence-corrected chi connectivity index (χ1v) is 16.8. The molecule has 0 aliphatic carbocycles. The van der Waals surface area contributed by atoms with E-state index in [0.717, 1.165) is 82.0 Å². The largest absolute Gasteiger partial charge is 0.493 e. The van der Waals surface area contributed by atoms with Crippen LogP contribution < -0.4 is 4.74 Å². The third-order valence-corrected chi connectivity index (χ3v) is 9.44. The molecule has 0 saturated heterocycles. The summed E-state index contributed by atoms with van der Waals surface area (Å²) in [5, 5.41) is 18.7. The van der Waals surface area contributed by atoms with E-state index in [1.165, 1.54) is 12.1 Å². The van der Waals surface area contributed by atoms with Gasteiger partial charge in [0, 0.05) is 54.3 Å². The molecule has 248 valence electrons. The lowest BCUT2D eigenvalue weighted by Gasteiger charge is -2.20. The first-order chi connectivity index (χ1) is 22.7. The lowest BCUT2D eigenvalue weighted by atomic mass is 9.94. The highest BCUT2D eigenvalue weighted by Gasteiger charge is 2.31. The van der Waals surface area contributed by atoms with E-state index >= 15 is 0 Å². The predicted molar refractivity (Wildman–Crippen MR) is 184 cm³/mol. The number of fused-ring (bicyclic) bond motifs is 3. The molecular formula is C37H42ClFN4O4. The van der Waals surface area contributed by atoms with Crippen molar-refractivity contribution in [2.24, 2.45) is 7.05 Å². The molecule has 5 aromatic rings. The molecule has 3 heterocycles. The van der Waals surface area contributed by atoms with E-state index in [9.17, 15) is 14.3 Å². The van der Waals surface area contributed by atoms with E-state index in [2.05, 4.69) is 25.9 Å². The third kappa shape index (κ3) is 6.49. The molecule has 1 aliphatic rings. The van der Waals surface area contributed by atoms with Crippen LogP contribution in [0.15, 0.2) is 48.5 Å². The fraction of sp³-hybridized carbons (Fsp3) is 0.405. The van der Waals surface area contributed by atoms with Gasteiger partial charge in [-0.3, -0.25) is 4.68 Å². The number of ether oxygens (including phenoxy) is 2. The van der Waals surface area contributed by atoms with Gasteiger partial charge in [-0.05, 0) is 93.9 Å². The highest BCUT2D eigenvalue weighted by atomic mass is 35.5. The molecule has 0 bridgehead atoms. The van der Waals surface area contributed by atoms with E-state index < -0.39 is 5.97 Å². The molecule has 0 spiro atoms. The molecule has 1 atom stereocenters. The molecule has 6 rings (SSSR count). The molecule has 47 heavy (non-hydrogen) atoms. The fourth-order valence-electron chi connectivity index (χ4n) is 6.99. The number of rotatable bonds is 10. The van der Waals surface area contributed by atoms with Crippen molar-refractivity contribution >= 4 is 39.2 Å². The highest BCUT2D eigenvalue weighted by molar-refractivity contribution is 6.35. The second-order valence-electron chi connectivity index (χ2n) is 12.5. The van der Waals surface area contributed by atoms with Gasteiger partial charge >= 0.3 is 5.97 Å². The zero-order valence-corrected chi connectivity index (χ0v) is 28.2. The van der Waals surface area contributed by atoms with Crippen molar-refractivity contribution in [2.45, 2.75) is 58.1 Å². The van der Waals surface area contributed by atoms with Gasteiger partial charge in [-0.25, -0.2) is 9.18 Å². The first-order valence-electron chi connectivity index (χ1n) is 16.4. The molecule has 3 aromatic carbocycles. The zero-order valence-electron chi connectivity index (χ0n) is 27.5. The number of carboxylic acids is 1. The van der Waals surface area contributed by atoms with E-state index in [-0.39, 0.29) is 17.6 Å². The summed E-state index contributed by atoms with van der Waals surface area (Å²) in [4.78, 5) is 15.2. The van der Waals surface area contributed by atoms with E-state index in [4.69, 9.17) is 26.2 Å². The SMILES string of the molecule is CCc1c2c(nn1C)C(CCN(C)C)OCCCCn1c(C(=O)O)c(CCCOc3cccc4cc(F)ccc34)c3ccc(Cl)c-2c31. The van der Waals surface area contributed by atoms with Crippen LogP contribution in [0, 0.1) is 5.82 Å². The zero-order chi connectivity index (χ0) is 33.2. The van der Waals surface area contributed by atoms with Crippen molar-refractivity contribution in [3.63, 3.8) is 0 Å². The normalized spacial score (nSPS) is 15.3. The molecule has 10 heteroatoms. The summed E-state index contributed by atoms with van der Waals surface area (Å²) in [5.41, 5.74) is 5.52. The summed E-state index contributed by atoms with van der Waals surface area (Å²) in [6, 6.07) is 14.1. The Hall–Kier alpha value is -3.92. The number of hydrogen-bond donors (Lipinski definition) is 1. The number of aryl methyl sites for hydroxylation is 3. The summed E-state index contributed by atoms with van der Waals surface area (Å²) in [6.07, 6.45) is 3.90. The van der Waals surface area contributed by atoms with E-state index in [1.807, 2.05) is 46.6 Å². The van der Waals surface area contributed by atoms with E-state index in [1.54, 1.807) is 6.07 Å². The van der Waals surface area contributed by atoms with Gasteiger partial charge in [-0.2, -0.15) is 5.10 Å². The Balaban J connectivity index is 1.44. The van der Waals surface area contributed by atoms with Gasteiger partial charge < -0.3 is 24.0 Å². The minimum absolute atomic E-state index is 0.229. The Morgan fingerprint density at radius 2 is 1.96 bits per heavy atom. The Kier molecular flexibility index (Phi) is 9.87. The van der Waals surface area contributed by atoms with Crippen molar-refractivity contribution in [1.29, 1.82) is 0 Å². The van der Waals surface area contributed by atoms with Crippen LogP contribution in [0.25, 0.3) is 32.8 Å². The Labute approximate surface area is 279 Å². The summed E-state index contributed by atoms with van der Waals surface area (Å²) in [7, 11) is 6.06. The molecule has 1 N–H and O–H groups in total. The van der Waals surface area contributed by atoms with Crippen LogP contribution in [0.1, 0.15) is 66.2 Å². The average Bonchev–Trinajstić information content (AvgIpc) is 3.52. The first kappa shape index (κ1) is 33.0. The van der Waals surface area contributed by atoms with Crippen LogP contribution in [0.3, 0.4) is 0 Å².